The highest BCUT2D eigenvalue weighted by Gasteiger charge is 2.45. The second-order valence-electron chi connectivity index (χ2n) is 4.54. The van der Waals surface area contributed by atoms with Gasteiger partial charge in [-0.05, 0) is 31.4 Å². The van der Waals surface area contributed by atoms with Gasteiger partial charge in [-0.1, -0.05) is 6.92 Å². The normalized spacial score (nSPS) is 42.0. The van der Waals surface area contributed by atoms with Crippen molar-refractivity contribution in [3.05, 3.63) is 23.7 Å². The molecular formula is C11H14O2. The van der Waals surface area contributed by atoms with E-state index >= 15 is 0 Å². The van der Waals surface area contributed by atoms with Gasteiger partial charge in [0.1, 0.15) is 17.1 Å². The molecule has 0 radical (unpaired) electrons. The van der Waals surface area contributed by atoms with Crippen molar-refractivity contribution in [1.82, 2.24) is 0 Å². The lowest BCUT2D eigenvalue weighted by molar-refractivity contribution is 0.279. The Morgan fingerprint density at radius 1 is 1.46 bits per heavy atom. The van der Waals surface area contributed by atoms with Crippen LogP contribution in [0, 0.1) is 5.92 Å². The van der Waals surface area contributed by atoms with E-state index in [4.69, 9.17) is 9.15 Å². The topological polar surface area (TPSA) is 25.7 Å². The summed E-state index contributed by atoms with van der Waals surface area (Å²) in [5, 5.41) is 0. The van der Waals surface area contributed by atoms with Crippen LogP contribution in [0.25, 0.3) is 0 Å². The summed E-state index contributed by atoms with van der Waals surface area (Å²) in [7, 11) is 0. The van der Waals surface area contributed by atoms with E-state index in [-0.39, 0.29) is 5.60 Å². The van der Waals surface area contributed by atoms with Gasteiger partial charge in [-0.15, -0.1) is 0 Å². The van der Waals surface area contributed by atoms with Crippen LogP contribution in [0.1, 0.15) is 37.7 Å². The average molecular weight is 178 g/mol. The quantitative estimate of drug-likeness (QED) is 0.650. The summed E-state index contributed by atoms with van der Waals surface area (Å²) in [5.74, 6) is 3.64. The summed E-state index contributed by atoms with van der Waals surface area (Å²) in [6.45, 7) is 5.15. The third-order valence-corrected chi connectivity index (χ3v) is 3.20. The van der Waals surface area contributed by atoms with Gasteiger partial charge >= 0.3 is 0 Å². The lowest BCUT2D eigenvalue weighted by atomic mass is 10.1. The Hall–Kier alpha value is -0.760. The van der Waals surface area contributed by atoms with Crippen molar-refractivity contribution in [3.8, 4) is 0 Å². The van der Waals surface area contributed by atoms with Crippen molar-refractivity contribution in [2.24, 2.45) is 5.92 Å². The zero-order valence-electron chi connectivity index (χ0n) is 8.04. The molecule has 1 aliphatic heterocycles. The largest absolute Gasteiger partial charge is 0.463 e. The highest BCUT2D eigenvalue weighted by atomic mass is 16.6. The Kier molecular flexibility index (Phi) is 1.28. The van der Waals surface area contributed by atoms with Gasteiger partial charge in [-0.3, -0.25) is 0 Å². The predicted molar refractivity (Wildman–Crippen MR) is 48.5 cm³/mol. The van der Waals surface area contributed by atoms with E-state index in [1.807, 2.05) is 0 Å². The molecule has 13 heavy (non-hydrogen) atoms. The highest BCUT2D eigenvalue weighted by Crippen LogP contribution is 2.49. The van der Waals surface area contributed by atoms with Crippen LogP contribution in [0.4, 0.5) is 0 Å². The first-order chi connectivity index (χ1) is 6.19. The Labute approximate surface area is 77.9 Å². The average Bonchev–Trinajstić information content (AvgIpc) is 2.97. The SMILES string of the molecule is CC1CC1c1ccc(C2(C)CO2)o1. The Morgan fingerprint density at radius 3 is 2.69 bits per heavy atom. The Morgan fingerprint density at radius 2 is 2.15 bits per heavy atom. The summed E-state index contributed by atoms with van der Waals surface area (Å²) in [4.78, 5) is 0. The lowest BCUT2D eigenvalue weighted by Crippen LogP contribution is -1.98. The van der Waals surface area contributed by atoms with Crippen molar-refractivity contribution in [2.45, 2.75) is 31.8 Å². The molecule has 0 spiro atoms. The molecule has 2 nitrogen and oxygen atoms in total. The van der Waals surface area contributed by atoms with Crippen LogP contribution in [0.5, 0.6) is 0 Å². The fourth-order valence-electron chi connectivity index (χ4n) is 1.81. The van der Waals surface area contributed by atoms with Crippen LogP contribution in [-0.4, -0.2) is 6.61 Å². The zero-order valence-corrected chi connectivity index (χ0v) is 8.04. The van der Waals surface area contributed by atoms with E-state index in [0.29, 0.717) is 5.92 Å². The van der Waals surface area contributed by atoms with Gasteiger partial charge in [0.05, 0.1) is 6.61 Å². The van der Waals surface area contributed by atoms with Crippen LogP contribution in [0.3, 0.4) is 0 Å². The zero-order chi connectivity index (χ0) is 9.05. The van der Waals surface area contributed by atoms with Crippen LogP contribution in [0.15, 0.2) is 16.5 Å². The number of furan rings is 1. The molecule has 0 N–H and O–H groups in total. The van der Waals surface area contributed by atoms with Gasteiger partial charge in [0, 0.05) is 5.92 Å². The molecule has 2 aliphatic rings. The summed E-state index contributed by atoms with van der Waals surface area (Å²) < 4.78 is 11.1. The van der Waals surface area contributed by atoms with E-state index in [2.05, 4.69) is 26.0 Å². The summed E-state index contributed by atoms with van der Waals surface area (Å²) >= 11 is 0. The minimum atomic E-state index is -0.101. The van der Waals surface area contributed by atoms with Gasteiger partial charge in [-0.25, -0.2) is 0 Å². The molecule has 0 aromatic carbocycles. The monoisotopic (exact) mass is 178 g/mol. The standard InChI is InChI=1S/C11H14O2/c1-7-5-8(7)9-3-4-10(13-9)11(2)6-12-11/h3-4,7-8H,5-6H2,1-2H3. The molecule has 3 atom stereocenters. The van der Waals surface area contributed by atoms with Gasteiger partial charge in [0.15, 0.2) is 0 Å². The van der Waals surface area contributed by atoms with Crippen molar-refractivity contribution in [1.29, 1.82) is 0 Å². The molecule has 1 aromatic heterocycles. The Bertz CT molecular complexity index is 336. The van der Waals surface area contributed by atoms with Crippen LogP contribution in [0.2, 0.25) is 0 Å². The van der Waals surface area contributed by atoms with E-state index in [0.717, 1.165) is 24.0 Å². The molecule has 3 rings (SSSR count). The van der Waals surface area contributed by atoms with Crippen LogP contribution >= 0.6 is 0 Å². The third kappa shape index (κ3) is 1.12. The molecule has 0 amide bonds. The molecule has 3 unspecified atom stereocenters. The molecule has 0 bridgehead atoms. The van der Waals surface area contributed by atoms with Gasteiger partial charge in [0.25, 0.3) is 0 Å². The molecule has 1 aromatic rings. The van der Waals surface area contributed by atoms with Crippen LogP contribution < -0.4 is 0 Å². The fourth-order valence-corrected chi connectivity index (χ4v) is 1.81. The number of ether oxygens (including phenoxy) is 1. The molecular weight excluding hydrogens is 164 g/mol. The number of hydrogen-bond acceptors (Lipinski definition) is 2. The predicted octanol–water partition coefficient (Wildman–Crippen LogP) is 2.65. The summed E-state index contributed by atoms with van der Waals surface area (Å²) in [5.41, 5.74) is -0.101. The number of epoxide rings is 1. The molecule has 1 saturated heterocycles. The molecule has 2 fully saturated rings. The van der Waals surface area contributed by atoms with E-state index in [1.165, 1.54) is 6.42 Å². The smallest absolute Gasteiger partial charge is 0.146 e. The number of hydrogen-bond donors (Lipinski definition) is 0. The van der Waals surface area contributed by atoms with Crippen molar-refractivity contribution >= 4 is 0 Å². The molecule has 2 heterocycles. The maximum absolute atomic E-state index is 5.78. The van der Waals surface area contributed by atoms with Gasteiger partial charge < -0.3 is 9.15 Å². The maximum Gasteiger partial charge on any atom is 0.146 e. The lowest BCUT2D eigenvalue weighted by Gasteiger charge is -1.98. The van der Waals surface area contributed by atoms with E-state index < -0.39 is 0 Å². The van der Waals surface area contributed by atoms with Gasteiger partial charge in [-0.2, -0.15) is 0 Å². The Balaban J connectivity index is 1.86. The second-order valence-corrected chi connectivity index (χ2v) is 4.54. The minimum absolute atomic E-state index is 0.101. The first-order valence-corrected chi connectivity index (χ1v) is 4.93. The summed E-state index contributed by atoms with van der Waals surface area (Å²) in [6.07, 6.45) is 1.28. The second kappa shape index (κ2) is 2.18. The fraction of sp³-hybridized carbons (Fsp3) is 0.636. The van der Waals surface area contributed by atoms with Crippen molar-refractivity contribution < 1.29 is 9.15 Å². The molecule has 1 aliphatic carbocycles. The van der Waals surface area contributed by atoms with E-state index in [9.17, 15) is 0 Å². The van der Waals surface area contributed by atoms with Gasteiger partial charge in [0.2, 0.25) is 0 Å². The third-order valence-electron chi connectivity index (χ3n) is 3.20. The summed E-state index contributed by atoms with van der Waals surface area (Å²) in [6, 6.07) is 4.17. The first kappa shape index (κ1) is 7.63. The maximum atomic E-state index is 5.78. The number of rotatable bonds is 2. The molecule has 70 valence electrons. The minimum Gasteiger partial charge on any atom is -0.463 e. The van der Waals surface area contributed by atoms with Crippen molar-refractivity contribution in [2.75, 3.05) is 6.61 Å². The van der Waals surface area contributed by atoms with E-state index in [1.54, 1.807) is 0 Å². The molecule has 1 saturated carbocycles. The van der Waals surface area contributed by atoms with Crippen LogP contribution in [-0.2, 0) is 10.3 Å². The van der Waals surface area contributed by atoms with Crippen molar-refractivity contribution in [3.63, 3.8) is 0 Å². The first-order valence-electron chi connectivity index (χ1n) is 4.93. The highest BCUT2D eigenvalue weighted by molar-refractivity contribution is 5.22. The molecule has 2 heteroatoms.